The third-order valence-electron chi connectivity index (χ3n) is 3.90. The van der Waals surface area contributed by atoms with Crippen LogP contribution in [0.3, 0.4) is 0 Å². The highest BCUT2D eigenvalue weighted by Crippen LogP contribution is 2.27. The fourth-order valence-corrected chi connectivity index (χ4v) is 3.36. The van der Waals surface area contributed by atoms with E-state index in [2.05, 4.69) is 10.3 Å². The summed E-state index contributed by atoms with van der Waals surface area (Å²) in [5.74, 6) is 1.45. The van der Waals surface area contributed by atoms with E-state index < -0.39 is 0 Å². The molecule has 6 nitrogen and oxygen atoms in total. The molecule has 1 aromatic carbocycles. The van der Waals surface area contributed by atoms with Crippen LogP contribution in [0, 0.1) is 0 Å². The molecule has 0 aliphatic carbocycles. The zero-order valence-corrected chi connectivity index (χ0v) is 15.1. The minimum absolute atomic E-state index is 0.00179. The Labute approximate surface area is 150 Å². The maximum Gasteiger partial charge on any atom is 0.226 e. The molecule has 0 saturated carbocycles. The molecule has 2 heterocycles. The van der Waals surface area contributed by atoms with Crippen molar-refractivity contribution in [2.24, 2.45) is 0 Å². The number of imidazole rings is 1. The number of nitrogens with one attached hydrogen (secondary N) is 1. The Morgan fingerprint density at radius 2 is 2.12 bits per heavy atom. The largest absolute Gasteiger partial charge is 0.493 e. The van der Waals surface area contributed by atoms with Crippen molar-refractivity contribution < 1.29 is 14.3 Å². The summed E-state index contributed by atoms with van der Waals surface area (Å²) >= 11 is 1.56. The molecule has 3 aromatic rings. The van der Waals surface area contributed by atoms with Gasteiger partial charge in [0.2, 0.25) is 5.91 Å². The fourth-order valence-electron chi connectivity index (χ4n) is 2.64. The second kappa shape index (κ2) is 8.02. The minimum Gasteiger partial charge on any atom is -0.493 e. The fraction of sp³-hybridized carbons (Fsp3) is 0.333. The number of aromatic nitrogens is 2. The first-order valence-electron chi connectivity index (χ1n) is 8.08. The molecule has 0 saturated heterocycles. The number of methoxy groups -OCH3 is 2. The Kier molecular flexibility index (Phi) is 5.55. The van der Waals surface area contributed by atoms with Gasteiger partial charge in [0.15, 0.2) is 16.5 Å². The predicted octanol–water partition coefficient (Wildman–Crippen LogP) is 2.70. The van der Waals surface area contributed by atoms with Gasteiger partial charge in [-0.3, -0.25) is 9.20 Å². The minimum atomic E-state index is -0.00179. The van der Waals surface area contributed by atoms with Crippen molar-refractivity contribution in [2.45, 2.75) is 19.3 Å². The number of carbonyl (C=O) groups is 1. The van der Waals surface area contributed by atoms with Gasteiger partial charge in [-0.2, -0.15) is 0 Å². The van der Waals surface area contributed by atoms with Crippen LogP contribution in [0.25, 0.3) is 4.96 Å². The normalized spacial score (nSPS) is 10.8. The number of hydrogen-bond donors (Lipinski definition) is 1. The lowest BCUT2D eigenvalue weighted by Crippen LogP contribution is -2.26. The quantitative estimate of drug-likeness (QED) is 0.628. The highest BCUT2D eigenvalue weighted by Gasteiger charge is 2.08. The van der Waals surface area contributed by atoms with Gasteiger partial charge >= 0.3 is 0 Å². The van der Waals surface area contributed by atoms with E-state index in [1.54, 1.807) is 25.6 Å². The van der Waals surface area contributed by atoms with Crippen molar-refractivity contribution in [1.29, 1.82) is 0 Å². The standard InChI is InChI=1S/C18H21N3O3S/c1-23-15-6-5-13(10-16(15)24-2)4-3-7-19-17(22)11-14-12-21-8-9-25-18(21)20-14/h5-6,8-10,12H,3-4,7,11H2,1-2H3,(H,19,22). The van der Waals surface area contributed by atoms with Crippen molar-refractivity contribution in [1.82, 2.24) is 14.7 Å². The third-order valence-corrected chi connectivity index (χ3v) is 4.67. The first-order chi connectivity index (χ1) is 12.2. The van der Waals surface area contributed by atoms with Gasteiger partial charge in [-0.05, 0) is 30.5 Å². The third kappa shape index (κ3) is 4.30. The average Bonchev–Trinajstić information content (AvgIpc) is 3.20. The second-order valence-electron chi connectivity index (χ2n) is 5.64. The molecule has 1 N–H and O–H groups in total. The summed E-state index contributed by atoms with van der Waals surface area (Å²) in [6.45, 7) is 0.634. The molecule has 25 heavy (non-hydrogen) atoms. The number of rotatable bonds is 8. The Morgan fingerprint density at radius 3 is 2.88 bits per heavy atom. The van der Waals surface area contributed by atoms with E-state index in [0.29, 0.717) is 13.0 Å². The Bertz CT molecular complexity index is 828. The maximum absolute atomic E-state index is 12.0. The summed E-state index contributed by atoms with van der Waals surface area (Å²) in [7, 11) is 3.25. The summed E-state index contributed by atoms with van der Waals surface area (Å²) in [4.78, 5) is 17.3. The lowest BCUT2D eigenvalue weighted by atomic mass is 10.1. The number of aryl methyl sites for hydroxylation is 1. The van der Waals surface area contributed by atoms with Gasteiger partial charge in [-0.15, -0.1) is 11.3 Å². The van der Waals surface area contributed by atoms with Gasteiger partial charge in [-0.1, -0.05) is 6.07 Å². The zero-order chi connectivity index (χ0) is 17.6. The van der Waals surface area contributed by atoms with Crippen molar-refractivity contribution in [3.63, 3.8) is 0 Å². The number of amides is 1. The molecular formula is C18H21N3O3S. The van der Waals surface area contributed by atoms with E-state index in [9.17, 15) is 4.79 Å². The summed E-state index contributed by atoms with van der Waals surface area (Å²) in [5.41, 5.74) is 1.95. The molecule has 0 atom stereocenters. The highest BCUT2D eigenvalue weighted by molar-refractivity contribution is 7.15. The van der Waals surface area contributed by atoms with Gasteiger partial charge in [-0.25, -0.2) is 4.98 Å². The van der Waals surface area contributed by atoms with E-state index in [1.807, 2.05) is 40.4 Å². The Balaban J connectivity index is 1.43. The molecule has 0 unspecified atom stereocenters. The first kappa shape index (κ1) is 17.3. The van der Waals surface area contributed by atoms with E-state index in [1.165, 1.54) is 0 Å². The number of hydrogen-bond acceptors (Lipinski definition) is 5. The van der Waals surface area contributed by atoms with Crippen LogP contribution in [-0.4, -0.2) is 36.1 Å². The van der Waals surface area contributed by atoms with Crippen LogP contribution in [0.5, 0.6) is 11.5 Å². The number of carbonyl (C=O) groups excluding carboxylic acids is 1. The number of benzene rings is 1. The number of fused-ring (bicyclic) bond motifs is 1. The van der Waals surface area contributed by atoms with Crippen molar-refractivity contribution in [3.8, 4) is 11.5 Å². The molecule has 0 aliphatic heterocycles. The molecule has 0 radical (unpaired) electrons. The van der Waals surface area contributed by atoms with Gasteiger partial charge in [0.05, 0.1) is 26.3 Å². The molecule has 0 fully saturated rings. The predicted molar refractivity (Wildman–Crippen MR) is 97.6 cm³/mol. The highest BCUT2D eigenvalue weighted by atomic mass is 32.1. The van der Waals surface area contributed by atoms with E-state index in [-0.39, 0.29) is 5.91 Å². The average molecular weight is 359 g/mol. The number of nitrogens with zero attached hydrogens (tertiary/aromatic N) is 2. The Morgan fingerprint density at radius 1 is 1.28 bits per heavy atom. The topological polar surface area (TPSA) is 64.9 Å². The van der Waals surface area contributed by atoms with Crippen LogP contribution in [-0.2, 0) is 17.6 Å². The SMILES string of the molecule is COc1ccc(CCCNC(=O)Cc2cn3ccsc3n2)cc1OC. The van der Waals surface area contributed by atoms with Crippen LogP contribution in [0.1, 0.15) is 17.7 Å². The molecule has 132 valence electrons. The summed E-state index contributed by atoms with van der Waals surface area (Å²) in [6.07, 6.45) is 5.87. The lowest BCUT2D eigenvalue weighted by Gasteiger charge is -2.09. The monoisotopic (exact) mass is 359 g/mol. The van der Waals surface area contributed by atoms with Crippen LogP contribution in [0.4, 0.5) is 0 Å². The molecule has 3 rings (SSSR count). The second-order valence-corrected chi connectivity index (χ2v) is 6.52. The van der Waals surface area contributed by atoms with E-state index in [4.69, 9.17) is 9.47 Å². The molecule has 0 bridgehead atoms. The maximum atomic E-state index is 12.0. The molecule has 7 heteroatoms. The molecule has 2 aromatic heterocycles. The molecule has 0 aliphatic rings. The van der Waals surface area contributed by atoms with Crippen LogP contribution in [0.2, 0.25) is 0 Å². The van der Waals surface area contributed by atoms with Crippen LogP contribution >= 0.6 is 11.3 Å². The molecule has 0 spiro atoms. The van der Waals surface area contributed by atoms with Gasteiger partial charge < -0.3 is 14.8 Å². The summed E-state index contributed by atoms with van der Waals surface area (Å²) in [6, 6.07) is 5.89. The molecule has 1 amide bonds. The number of ether oxygens (including phenoxy) is 2. The van der Waals surface area contributed by atoms with E-state index >= 15 is 0 Å². The van der Waals surface area contributed by atoms with E-state index in [0.717, 1.165) is 40.6 Å². The van der Waals surface area contributed by atoms with Gasteiger partial charge in [0.1, 0.15) is 0 Å². The summed E-state index contributed by atoms with van der Waals surface area (Å²) < 4.78 is 12.5. The molecular weight excluding hydrogens is 338 g/mol. The van der Waals surface area contributed by atoms with Gasteiger partial charge in [0, 0.05) is 24.3 Å². The zero-order valence-electron chi connectivity index (χ0n) is 14.3. The first-order valence-corrected chi connectivity index (χ1v) is 8.96. The number of thiazole rings is 1. The Hall–Kier alpha value is -2.54. The summed E-state index contributed by atoms with van der Waals surface area (Å²) in [5, 5.41) is 4.92. The van der Waals surface area contributed by atoms with Crippen molar-refractivity contribution in [3.05, 3.63) is 47.2 Å². The van der Waals surface area contributed by atoms with Crippen molar-refractivity contribution in [2.75, 3.05) is 20.8 Å². The van der Waals surface area contributed by atoms with Gasteiger partial charge in [0.25, 0.3) is 0 Å². The van der Waals surface area contributed by atoms with Crippen LogP contribution in [0.15, 0.2) is 36.0 Å². The van der Waals surface area contributed by atoms with Crippen molar-refractivity contribution >= 4 is 22.2 Å². The smallest absolute Gasteiger partial charge is 0.226 e. The lowest BCUT2D eigenvalue weighted by molar-refractivity contribution is -0.120. The van der Waals surface area contributed by atoms with Crippen LogP contribution < -0.4 is 14.8 Å².